The van der Waals surface area contributed by atoms with E-state index in [9.17, 15) is 0 Å². The largest absolute Gasteiger partial charge is 0.178 e. The Morgan fingerprint density at radius 1 is 1.14 bits per heavy atom. The molecule has 1 atom stereocenters. The zero-order valence-electron chi connectivity index (χ0n) is 7.67. The molecule has 2 heterocycles. The van der Waals surface area contributed by atoms with E-state index in [1.807, 2.05) is 0 Å². The van der Waals surface area contributed by atoms with Crippen LogP contribution in [0.5, 0.6) is 0 Å². The van der Waals surface area contributed by atoms with Crippen molar-refractivity contribution in [3.63, 3.8) is 0 Å². The third kappa shape index (κ3) is 1.73. The molecule has 0 fully saturated rings. The highest BCUT2D eigenvalue weighted by Gasteiger charge is 2.16. The first-order valence-electron chi connectivity index (χ1n) is 4.35. The Hall–Kier alpha value is -1.86. The van der Waals surface area contributed by atoms with Gasteiger partial charge in [-0.15, -0.1) is 20.4 Å². The summed E-state index contributed by atoms with van der Waals surface area (Å²) in [6.45, 7) is 2.06. The van der Waals surface area contributed by atoms with Crippen LogP contribution < -0.4 is 0 Å². The highest BCUT2D eigenvalue weighted by molar-refractivity contribution is 4.96. The van der Waals surface area contributed by atoms with Crippen LogP contribution in [-0.4, -0.2) is 41.2 Å². The van der Waals surface area contributed by atoms with Gasteiger partial charge < -0.3 is 0 Å². The first kappa shape index (κ1) is 8.73. The maximum absolute atomic E-state index is 3.93. The molecule has 2 aromatic heterocycles. The summed E-state index contributed by atoms with van der Waals surface area (Å²) < 4.78 is 0. The van der Waals surface area contributed by atoms with E-state index in [1.165, 1.54) is 0 Å². The Morgan fingerprint density at radius 3 is 2.50 bits per heavy atom. The third-order valence-corrected chi connectivity index (χ3v) is 2.04. The molecule has 14 heavy (non-hydrogen) atoms. The van der Waals surface area contributed by atoms with Gasteiger partial charge in [0.05, 0.1) is 0 Å². The molecule has 0 aliphatic carbocycles. The Bertz CT molecular complexity index is 351. The second-order valence-electron chi connectivity index (χ2n) is 2.91. The highest BCUT2D eigenvalue weighted by atomic mass is 15.5. The van der Waals surface area contributed by atoms with E-state index in [-0.39, 0.29) is 5.92 Å². The summed E-state index contributed by atoms with van der Waals surface area (Å²) >= 11 is 0. The van der Waals surface area contributed by atoms with Crippen molar-refractivity contribution in [2.24, 2.45) is 0 Å². The van der Waals surface area contributed by atoms with E-state index >= 15 is 0 Å². The van der Waals surface area contributed by atoms with Crippen molar-refractivity contribution in [2.75, 3.05) is 0 Å². The van der Waals surface area contributed by atoms with Gasteiger partial charge >= 0.3 is 0 Å². The highest BCUT2D eigenvalue weighted by Crippen LogP contribution is 2.17. The Kier molecular flexibility index (Phi) is 2.43. The second kappa shape index (κ2) is 3.90. The summed E-state index contributed by atoms with van der Waals surface area (Å²) in [6.07, 6.45) is 1.58. The lowest BCUT2D eigenvalue weighted by molar-refractivity contribution is 0.600. The van der Waals surface area contributed by atoms with Gasteiger partial charge in [0.2, 0.25) is 0 Å². The lowest BCUT2D eigenvalue weighted by atomic mass is 10.0. The fourth-order valence-electron chi connectivity index (χ4n) is 1.25. The minimum atomic E-state index is 0.186. The van der Waals surface area contributed by atoms with Crippen LogP contribution in [0.3, 0.4) is 0 Å². The Labute approximate surface area is 79.5 Å². The first-order valence-corrected chi connectivity index (χ1v) is 4.35. The van der Waals surface area contributed by atoms with Crippen molar-refractivity contribution >= 4 is 0 Å². The number of hydrogen-bond donors (Lipinski definition) is 2. The quantitative estimate of drug-likeness (QED) is 0.675. The zero-order chi connectivity index (χ0) is 9.80. The van der Waals surface area contributed by atoms with Gasteiger partial charge in [0.25, 0.3) is 0 Å². The van der Waals surface area contributed by atoms with E-state index in [2.05, 4.69) is 48.2 Å². The van der Waals surface area contributed by atoms with Gasteiger partial charge in [-0.25, -0.2) is 0 Å². The van der Waals surface area contributed by atoms with Crippen molar-refractivity contribution in [1.82, 2.24) is 41.2 Å². The smallest absolute Gasteiger partial charge is 0.177 e. The van der Waals surface area contributed by atoms with Gasteiger partial charge in [0.1, 0.15) is 0 Å². The maximum Gasteiger partial charge on any atom is 0.178 e. The second-order valence-corrected chi connectivity index (χ2v) is 2.91. The molecule has 1 unspecified atom stereocenters. The summed E-state index contributed by atoms with van der Waals surface area (Å²) in [6, 6.07) is 0. The molecular formula is C6H10N8. The van der Waals surface area contributed by atoms with E-state index in [0.717, 1.165) is 6.42 Å². The van der Waals surface area contributed by atoms with Crippen LogP contribution in [0.2, 0.25) is 0 Å². The van der Waals surface area contributed by atoms with Crippen LogP contribution in [0.4, 0.5) is 0 Å². The summed E-state index contributed by atoms with van der Waals surface area (Å²) in [5.41, 5.74) is 0. The number of rotatable bonds is 4. The van der Waals surface area contributed by atoms with Crippen molar-refractivity contribution in [3.8, 4) is 0 Å². The monoisotopic (exact) mass is 194 g/mol. The molecule has 2 aromatic rings. The minimum absolute atomic E-state index is 0.186. The fourth-order valence-corrected chi connectivity index (χ4v) is 1.25. The zero-order valence-corrected chi connectivity index (χ0v) is 7.67. The van der Waals surface area contributed by atoms with Gasteiger partial charge in [-0.05, 0) is 6.42 Å². The number of aromatic nitrogens is 8. The fraction of sp³-hybridized carbons (Fsp3) is 0.667. The predicted octanol–water partition coefficient (Wildman–Crippen LogP) is -0.551. The topological polar surface area (TPSA) is 109 Å². The predicted molar refractivity (Wildman–Crippen MR) is 45.1 cm³/mol. The van der Waals surface area contributed by atoms with Crippen molar-refractivity contribution in [3.05, 3.63) is 11.6 Å². The number of nitrogens with one attached hydrogen (secondary N) is 2. The Morgan fingerprint density at radius 2 is 1.93 bits per heavy atom. The van der Waals surface area contributed by atoms with Gasteiger partial charge in [-0.3, -0.25) is 0 Å². The summed E-state index contributed by atoms with van der Waals surface area (Å²) in [5.74, 6) is 1.55. The van der Waals surface area contributed by atoms with Gasteiger partial charge in [0, 0.05) is 12.3 Å². The molecule has 2 N–H and O–H groups in total. The number of nitrogens with zero attached hydrogens (tertiary/aromatic N) is 6. The normalized spacial score (nSPS) is 12.9. The molecule has 0 saturated carbocycles. The molecule has 0 aliphatic rings. The van der Waals surface area contributed by atoms with Crippen LogP contribution in [0, 0.1) is 0 Å². The average Bonchev–Trinajstić information content (AvgIpc) is 2.86. The van der Waals surface area contributed by atoms with Crippen LogP contribution in [0.15, 0.2) is 0 Å². The molecule has 0 saturated heterocycles. The molecular weight excluding hydrogens is 184 g/mol. The van der Waals surface area contributed by atoms with Gasteiger partial charge in [0.15, 0.2) is 11.6 Å². The molecule has 0 radical (unpaired) electrons. The molecule has 0 spiro atoms. The summed E-state index contributed by atoms with van der Waals surface area (Å²) in [4.78, 5) is 0. The molecule has 74 valence electrons. The minimum Gasteiger partial charge on any atom is -0.177 e. The molecule has 0 amide bonds. The standard InChI is InChI=1S/C6H10N8/c1-2-4(6-9-13-14-10-6)3-5-7-11-12-8-5/h4H,2-3H2,1H3,(H,7,8,11,12)(H,9,10,13,14). The van der Waals surface area contributed by atoms with Crippen LogP contribution >= 0.6 is 0 Å². The number of hydrogen-bond acceptors (Lipinski definition) is 6. The number of aromatic amines is 2. The van der Waals surface area contributed by atoms with Gasteiger partial charge in [-0.2, -0.15) is 10.4 Å². The lowest BCUT2D eigenvalue weighted by Gasteiger charge is -2.05. The van der Waals surface area contributed by atoms with Gasteiger partial charge in [-0.1, -0.05) is 17.4 Å². The van der Waals surface area contributed by atoms with Crippen LogP contribution in [-0.2, 0) is 6.42 Å². The summed E-state index contributed by atoms with van der Waals surface area (Å²) in [7, 11) is 0. The van der Waals surface area contributed by atoms with Crippen LogP contribution in [0.25, 0.3) is 0 Å². The third-order valence-electron chi connectivity index (χ3n) is 2.04. The SMILES string of the molecule is CCC(Cc1nn[nH]n1)c1nn[nH]n1. The molecule has 2 rings (SSSR count). The van der Waals surface area contributed by atoms with E-state index in [4.69, 9.17) is 0 Å². The van der Waals surface area contributed by atoms with E-state index in [0.29, 0.717) is 18.1 Å². The number of tetrazole rings is 2. The van der Waals surface area contributed by atoms with E-state index in [1.54, 1.807) is 0 Å². The Balaban J connectivity index is 2.08. The van der Waals surface area contributed by atoms with Crippen molar-refractivity contribution < 1.29 is 0 Å². The molecule has 0 bridgehead atoms. The average molecular weight is 194 g/mol. The first-order chi connectivity index (χ1) is 6.90. The van der Waals surface area contributed by atoms with Crippen molar-refractivity contribution in [1.29, 1.82) is 0 Å². The molecule has 0 aromatic carbocycles. The van der Waals surface area contributed by atoms with Crippen molar-refractivity contribution in [2.45, 2.75) is 25.7 Å². The summed E-state index contributed by atoms with van der Waals surface area (Å²) in [5, 5.41) is 27.5. The molecule has 0 aliphatic heterocycles. The molecule has 8 nitrogen and oxygen atoms in total. The maximum atomic E-state index is 3.93. The van der Waals surface area contributed by atoms with E-state index < -0.39 is 0 Å². The molecule has 8 heteroatoms. The lowest BCUT2D eigenvalue weighted by Crippen LogP contribution is -2.05. The van der Waals surface area contributed by atoms with Crippen LogP contribution in [0.1, 0.15) is 30.9 Å². The number of H-pyrrole nitrogens is 2.